The summed E-state index contributed by atoms with van der Waals surface area (Å²) >= 11 is 20.8. The zero-order valence-corrected chi connectivity index (χ0v) is 86.6. The number of nitrogens with zero attached hydrogens (tertiary/aromatic N) is 15. The number of benzene rings is 9. The fourth-order valence-corrected chi connectivity index (χ4v) is 23.1. The molecule has 758 valence electrons. The maximum absolute atomic E-state index is 16.5. The van der Waals surface area contributed by atoms with Crippen molar-refractivity contribution >= 4 is 112 Å². The number of rotatable bonds is 27. The zero-order valence-electron chi connectivity index (χ0n) is 83.4. The van der Waals surface area contributed by atoms with Crippen LogP contribution in [0.25, 0.3) is 33.8 Å². The number of carbonyl (C=O) groups is 6. The van der Waals surface area contributed by atoms with Gasteiger partial charge in [0.1, 0.15) is 17.2 Å². The summed E-state index contributed by atoms with van der Waals surface area (Å²) in [6, 6.07) is 74.8. The molecule has 6 aromatic heterocycles. The van der Waals surface area contributed by atoms with E-state index in [9.17, 15) is 0 Å². The minimum Gasteiger partial charge on any atom is -0.386 e. The maximum Gasteiger partial charge on any atom is 0.647 e. The summed E-state index contributed by atoms with van der Waals surface area (Å²) in [4.78, 5) is 125. The van der Waals surface area contributed by atoms with Crippen molar-refractivity contribution in [2.24, 2.45) is 21.1 Å². The molecule has 0 unspecified atom stereocenters. The number of pyridine rings is 3. The van der Waals surface area contributed by atoms with Gasteiger partial charge in [0.25, 0.3) is 35.4 Å². The van der Waals surface area contributed by atoms with Crippen LogP contribution in [0.1, 0.15) is 113 Å². The number of phosphoric ester groups is 1. The minimum absolute atomic E-state index is 0.0220. The molecule has 0 radical (unpaired) electrons. The highest BCUT2D eigenvalue weighted by Gasteiger charge is 2.42. The van der Waals surface area contributed by atoms with Gasteiger partial charge in [0, 0.05) is 255 Å². The highest BCUT2D eigenvalue weighted by atomic mass is 35.5. The molecular formula is C117H111Cl3N15O13P. The quantitative estimate of drug-likeness (QED) is 0.0433. The number of halogens is 3. The van der Waals surface area contributed by atoms with Crippen LogP contribution in [0.3, 0.4) is 0 Å². The Kier molecular flexibility index (Phi) is 29.4. The third kappa shape index (κ3) is 21.1. The van der Waals surface area contributed by atoms with Gasteiger partial charge in [0.05, 0.1) is 73.4 Å². The van der Waals surface area contributed by atoms with Crippen molar-refractivity contribution in [3.63, 3.8) is 0 Å². The van der Waals surface area contributed by atoms with Crippen molar-refractivity contribution in [3.05, 3.63) is 391 Å². The van der Waals surface area contributed by atoms with Gasteiger partial charge < -0.3 is 56.2 Å². The van der Waals surface area contributed by atoms with E-state index in [1.54, 1.807) is 183 Å². The lowest BCUT2D eigenvalue weighted by atomic mass is 9.92. The van der Waals surface area contributed by atoms with Crippen LogP contribution in [0.2, 0.25) is 15.1 Å². The van der Waals surface area contributed by atoms with E-state index >= 15 is 33.3 Å². The van der Waals surface area contributed by atoms with E-state index in [1.807, 2.05) is 107 Å². The predicted octanol–water partition coefficient (Wildman–Crippen LogP) is 21.1. The number of aromatic nitrogens is 6. The number of carbonyl (C=O) groups excluding carboxylic acids is 6. The molecule has 3 atom stereocenters. The van der Waals surface area contributed by atoms with Crippen molar-refractivity contribution in [2.75, 3.05) is 113 Å². The smallest absolute Gasteiger partial charge is 0.386 e. The van der Waals surface area contributed by atoms with Crippen molar-refractivity contribution < 1.29 is 61.1 Å². The second-order valence-electron chi connectivity index (χ2n) is 38.5. The standard InChI is InChI=1S/C117H111Cl3N15O13P/c1-76-103(67-109(124(76)4)106-64-85(118)19-34-100(106)112(136)130-70-82-16-10-7-13-79(82)61-94(130)73-127-49-55-143-56-50-127)115(139)133(91-37-43-121-44-38-91)88-22-28-97(29-23-88)146-149(142,147-98-30-24-89(25-31-98)134(92-39-45-122-46-40-92)116(140)104-68-110(125(5)77(104)2)107-65-86(119)20-35-101(107)113(137)131-71-83-17-11-8-14-80(83)62-95(131)74-128-51-57-144-58-52-128)148-99-32-26-90(27-33-99)135(93-41-47-123-48-42-93)117(141)105-69-111(126(6)78(105)3)108-66-87(120)21-36-102(108)114(138)132-72-84-18-12-9-15-81(84)63-96(132)75-129-53-59-145-60-54-129/h7-48,64-69,94-96H,49-63,70-75H2,1-6H3/t94-,95-,96-/m0/s1. The second kappa shape index (κ2) is 43.6. The third-order valence-electron chi connectivity index (χ3n) is 29.6. The number of anilines is 6. The molecule has 0 spiro atoms. The number of phosphoric acid groups is 1. The lowest BCUT2D eigenvalue weighted by Gasteiger charge is -2.40. The molecule has 0 N–H and O–H groups in total. The normalized spacial score (nSPS) is 16.5. The highest BCUT2D eigenvalue weighted by Crippen LogP contribution is 2.52. The topological polar surface area (TPSA) is 257 Å². The SMILES string of the molecule is Cc1c(C(=O)N(c2ccncc2)c2ccc(OP(=O)(Oc3ccc(N(C(=O)c4cc(-c5cc(Cl)ccc5C(=O)N5Cc6ccccc6C[C@H]5CN5CCOCC5)n(C)c4C)c4ccncc4)cc3)Oc3ccc(N(C(=O)c4cc(-c5cc(Cl)ccc5C(=O)N5Cc6ccccc6C[C@H]5CN5CCOCC5)n(C)c4C)c4ccncc4)cc3)cc2)cc(-c2cc(Cl)ccc2C(=O)N2Cc3ccccc3C[C@H]2CN2CCOCC2)n1C. The first-order chi connectivity index (χ1) is 72.4. The van der Waals surface area contributed by atoms with Gasteiger partial charge in [-0.05, 0) is 255 Å². The van der Waals surface area contributed by atoms with Crippen LogP contribution < -0.4 is 28.3 Å². The second-order valence-corrected chi connectivity index (χ2v) is 41.2. The number of amides is 6. The minimum atomic E-state index is -5.05. The van der Waals surface area contributed by atoms with Crippen LogP contribution >= 0.6 is 42.6 Å². The van der Waals surface area contributed by atoms with Gasteiger partial charge in [-0.3, -0.25) is 73.1 Å². The summed E-state index contributed by atoms with van der Waals surface area (Å²) in [6.07, 6.45) is 11.5. The summed E-state index contributed by atoms with van der Waals surface area (Å²) in [5.74, 6) is -1.90. The number of fused-ring (bicyclic) bond motifs is 3. The summed E-state index contributed by atoms with van der Waals surface area (Å²) in [5, 5.41) is 1.20. The fourth-order valence-electron chi connectivity index (χ4n) is 21.3. The first-order valence-corrected chi connectivity index (χ1v) is 52.6. The molecule has 149 heavy (non-hydrogen) atoms. The average molecular weight is 2070 g/mol. The molecule has 0 saturated carbocycles. The van der Waals surface area contributed by atoms with Crippen LogP contribution in [-0.2, 0) is 78.8 Å². The Balaban J connectivity index is 0.601. The Morgan fingerprint density at radius 2 is 0.564 bits per heavy atom. The lowest BCUT2D eigenvalue weighted by Crippen LogP contribution is -2.52. The summed E-state index contributed by atoms with van der Waals surface area (Å²) in [5.41, 5.74) is 16.6. The van der Waals surface area contributed by atoms with Crippen LogP contribution in [0, 0.1) is 20.8 Å². The predicted molar refractivity (Wildman–Crippen MR) is 576 cm³/mol. The van der Waals surface area contributed by atoms with Gasteiger partial charge in [-0.25, -0.2) is 0 Å². The lowest BCUT2D eigenvalue weighted by molar-refractivity contribution is 0.0190. The molecule has 32 heteroatoms. The molecule has 6 amide bonds. The Bertz CT molecular complexity index is 6910. The molecule has 0 aliphatic carbocycles. The Labute approximate surface area is 879 Å². The largest absolute Gasteiger partial charge is 0.647 e. The molecule has 28 nitrogen and oxygen atoms in total. The molecule has 21 rings (SSSR count). The van der Waals surface area contributed by atoms with E-state index in [-0.39, 0.29) is 53.1 Å². The first kappa shape index (κ1) is 100. The van der Waals surface area contributed by atoms with Gasteiger partial charge in [-0.1, -0.05) is 108 Å². The van der Waals surface area contributed by atoms with Gasteiger partial charge in [0.2, 0.25) is 0 Å². The van der Waals surface area contributed by atoms with Crippen molar-refractivity contribution in [1.82, 2.24) is 58.1 Å². The van der Waals surface area contributed by atoms with Gasteiger partial charge in [0.15, 0.2) is 0 Å². The van der Waals surface area contributed by atoms with E-state index in [4.69, 9.17) is 62.6 Å². The molecule has 15 aromatic rings. The van der Waals surface area contributed by atoms with E-state index in [0.29, 0.717) is 232 Å². The highest BCUT2D eigenvalue weighted by molar-refractivity contribution is 7.49. The van der Waals surface area contributed by atoms with Gasteiger partial charge in [-0.2, -0.15) is 4.57 Å². The molecule has 6 aliphatic rings. The Morgan fingerprint density at radius 1 is 0.322 bits per heavy atom. The number of ether oxygens (including phenoxy) is 3. The van der Waals surface area contributed by atoms with E-state index in [0.717, 1.165) is 56.0 Å². The van der Waals surface area contributed by atoms with E-state index in [1.165, 1.54) is 67.8 Å². The molecule has 12 heterocycles. The molecule has 3 fully saturated rings. The number of morpholine rings is 3. The Hall–Kier alpha value is -14.7. The first-order valence-electron chi connectivity index (χ1n) is 50.0. The van der Waals surface area contributed by atoms with Crippen LogP contribution in [-0.4, -0.2) is 210 Å². The van der Waals surface area contributed by atoms with Crippen LogP contribution in [0.5, 0.6) is 17.2 Å². The van der Waals surface area contributed by atoms with Crippen LogP contribution in [0.15, 0.2) is 292 Å². The van der Waals surface area contributed by atoms with Crippen molar-refractivity contribution in [1.29, 1.82) is 0 Å². The molecular weight excluding hydrogens is 1960 g/mol. The molecule has 0 bridgehead atoms. The third-order valence-corrected chi connectivity index (χ3v) is 31.6. The number of hydrogen-bond acceptors (Lipinski definition) is 19. The zero-order chi connectivity index (χ0) is 103. The monoisotopic (exact) mass is 2070 g/mol. The van der Waals surface area contributed by atoms with E-state index < -0.39 is 25.5 Å². The van der Waals surface area contributed by atoms with Crippen molar-refractivity contribution in [2.45, 2.75) is 77.8 Å². The fraction of sp³-hybridized carbons (Fsp3) is 0.256. The Morgan fingerprint density at radius 3 is 0.819 bits per heavy atom. The molecule has 6 aliphatic heterocycles. The van der Waals surface area contributed by atoms with E-state index in [2.05, 4.69) is 66.0 Å². The maximum atomic E-state index is 16.5. The molecule has 3 saturated heterocycles. The average Bonchev–Trinajstić information content (AvgIpc) is 1.71. The van der Waals surface area contributed by atoms with Crippen LogP contribution in [0.4, 0.5) is 34.1 Å². The molecule has 9 aromatic carbocycles. The van der Waals surface area contributed by atoms with Gasteiger partial charge in [-0.15, -0.1) is 0 Å². The summed E-state index contributed by atoms with van der Waals surface area (Å²) in [6.45, 7) is 17.0. The van der Waals surface area contributed by atoms with Crippen molar-refractivity contribution in [3.8, 4) is 51.0 Å². The summed E-state index contributed by atoms with van der Waals surface area (Å²) in [7, 11) is 0.513. The number of hydrogen-bond donors (Lipinski definition) is 0. The summed E-state index contributed by atoms with van der Waals surface area (Å²) < 4.78 is 59.1. The van der Waals surface area contributed by atoms with Gasteiger partial charge >= 0.3 is 7.82 Å².